The smallest absolute Gasteiger partial charge is 0.252 e. The van der Waals surface area contributed by atoms with Crippen molar-refractivity contribution in [3.63, 3.8) is 0 Å². The number of carbonyl (C=O) groups excluding carboxylic acids is 1. The SMILES string of the molecule is Cc1cc(C)n2nc(CC(=O)N[C@H](c3ccc(C(C)C)cc3)C(C)C)nc2n1. The topological polar surface area (TPSA) is 72.2 Å². The molecule has 3 rings (SSSR count). The molecule has 2 aromatic heterocycles. The molecule has 1 atom stereocenters. The molecule has 0 unspecified atom stereocenters. The van der Waals surface area contributed by atoms with Crippen LogP contribution in [-0.2, 0) is 11.2 Å². The zero-order valence-corrected chi connectivity index (χ0v) is 17.5. The van der Waals surface area contributed by atoms with E-state index >= 15 is 0 Å². The van der Waals surface area contributed by atoms with E-state index in [1.54, 1.807) is 4.52 Å². The molecule has 0 saturated carbocycles. The van der Waals surface area contributed by atoms with E-state index < -0.39 is 0 Å². The maximum Gasteiger partial charge on any atom is 0.252 e. The van der Waals surface area contributed by atoms with Crippen LogP contribution < -0.4 is 5.32 Å². The summed E-state index contributed by atoms with van der Waals surface area (Å²) in [5, 5.41) is 7.58. The monoisotopic (exact) mass is 379 g/mol. The first-order chi connectivity index (χ1) is 13.2. The highest BCUT2D eigenvalue weighted by atomic mass is 16.1. The van der Waals surface area contributed by atoms with Crippen molar-refractivity contribution in [2.75, 3.05) is 0 Å². The highest BCUT2D eigenvalue weighted by Gasteiger charge is 2.20. The molecule has 0 radical (unpaired) electrons. The number of aromatic nitrogens is 4. The van der Waals surface area contributed by atoms with Crippen LogP contribution >= 0.6 is 0 Å². The average Bonchev–Trinajstić information content (AvgIpc) is 3.02. The summed E-state index contributed by atoms with van der Waals surface area (Å²) in [6, 6.07) is 10.4. The Morgan fingerprint density at radius 3 is 2.29 bits per heavy atom. The van der Waals surface area contributed by atoms with Crippen LogP contribution in [0, 0.1) is 19.8 Å². The molecule has 3 aromatic rings. The second kappa shape index (κ2) is 8.09. The van der Waals surface area contributed by atoms with Crippen LogP contribution in [0.25, 0.3) is 5.78 Å². The van der Waals surface area contributed by atoms with Gasteiger partial charge in [-0.05, 0) is 42.9 Å². The predicted octanol–water partition coefficient (Wildman–Crippen LogP) is 3.92. The highest BCUT2D eigenvalue weighted by Crippen LogP contribution is 2.24. The van der Waals surface area contributed by atoms with Gasteiger partial charge >= 0.3 is 0 Å². The number of hydrogen-bond acceptors (Lipinski definition) is 4. The number of nitrogens with one attached hydrogen (secondary N) is 1. The fourth-order valence-corrected chi connectivity index (χ4v) is 3.37. The Balaban J connectivity index is 1.75. The summed E-state index contributed by atoms with van der Waals surface area (Å²) in [5.41, 5.74) is 4.25. The summed E-state index contributed by atoms with van der Waals surface area (Å²) in [6.45, 7) is 12.5. The lowest BCUT2D eigenvalue weighted by Crippen LogP contribution is -2.33. The van der Waals surface area contributed by atoms with Crippen LogP contribution in [-0.4, -0.2) is 25.5 Å². The van der Waals surface area contributed by atoms with Gasteiger partial charge in [0.1, 0.15) is 0 Å². The van der Waals surface area contributed by atoms with Gasteiger partial charge in [-0.3, -0.25) is 4.79 Å². The van der Waals surface area contributed by atoms with E-state index in [1.165, 1.54) is 5.56 Å². The van der Waals surface area contributed by atoms with Gasteiger partial charge in [-0.15, -0.1) is 5.10 Å². The molecule has 6 heteroatoms. The molecule has 1 N–H and O–H groups in total. The summed E-state index contributed by atoms with van der Waals surface area (Å²) in [6.07, 6.45) is 0.134. The zero-order chi connectivity index (χ0) is 20.4. The minimum Gasteiger partial charge on any atom is -0.349 e. The summed E-state index contributed by atoms with van der Waals surface area (Å²) >= 11 is 0. The number of hydrogen-bond donors (Lipinski definition) is 1. The lowest BCUT2D eigenvalue weighted by molar-refractivity contribution is -0.121. The van der Waals surface area contributed by atoms with Gasteiger partial charge < -0.3 is 5.32 Å². The molecule has 148 valence electrons. The Morgan fingerprint density at radius 2 is 1.68 bits per heavy atom. The van der Waals surface area contributed by atoms with Crippen LogP contribution in [0.2, 0.25) is 0 Å². The molecule has 0 fully saturated rings. The van der Waals surface area contributed by atoms with Crippen LogP contribution in [0.15, 0.2) is 30.3 Å². The van der Waals surface area contributed by atoms with Crippen molar-refractivity contribution in [2.24, 2.45) is 5.92 Å². The lowest BCUT2D eigenvalue weighted by atomic mass is 9.93. The standard InChI is InChI=1S/C22H29N5O/c1-13(2)17-7-9-18(10-8-17)21(14(3)4)25-20(28)12-19-24-22-23-15(5)11-16(6)27(22)26-19/h7-11,13-14,21H,12H2,1-6H3,(H,25,28)/t21-/m0/s1. The number of rotatable bonds is 6. The van der Waals surface area contributed by atoms with Crippen LogP contribution in [0.3, 0.4) is 0 Å². The zero-order valence-electron chi connectivity index (χ0n) is 17.5. The van der Waals surface area contributed by atoms with Crippen LogP contribution in [0.1, 0.15) is 68.0 Å². The first-order valence-corrected chi connectivity index (χ1v) is 9.83. The number of nitrogens with zero attached hydrogens (tertiary/aromatic N) is 4. The van der Waals surface area contributed by atoms with Gasteiger partial charge in [0.05, 0.1) is 12.5 Å². The van der Waals surface area contributed by atoms with Gasteiger partial charge in [-0.2, -0.15) is 4.98 Å². The normalized spacial score (nSPS) is 12.7. The van der Waals surface area contributed by atoms with E-state index in [4.69, 9.17) is 0 Å². The van der Waals surface area contributed by atoms with E-state index in [9.17, 15) is 4.79 Å². The third-order valence-corrected chi connectivity index (χ3v) is 4.93. The molecule has 6 nitrogen and oxygen atoms in total. The van der Waals surface area contributed by atoms with Crippen molar-refractivity contribution >= 4 is 11.7 Å². The van der Waals surface area contributed by atoms with E-state index in [-0.39, 0.29) is 24.3 Å². The van der Waals surface area contributed by atoms with Crippen LogP contribution in [0.5, 0.6) is 0 Å². The summed E-state index contributed by atoms with van der Waals surface area (Å²) in [7, 11) is 0. The third-order valence-electron chi connectivity index (χ3n) is 4.93. The number of carbonyl (C=O) groups is 1. The van der Waals surface area contributed by atoms with Crippen molar-refractivity contribution < 1.29 is 4.79 Å². The molecular weight excluding hydrogens is 350 g/mol. The fourth-order valence-electron chi connectivity index (χ4n) is 3.37. The highest BCUT2D eigenvalue weighted by molar-refractivity contribution is 5.78. The Labute approximate surface area is 166 Å². The summed E-state index contributed by atoms with van der Waals surface area (Å²) < 4.78 is 1.68. The van der Waals surface area contributed by atoms with Gasteiger partial charge in [0, 0.05) is 11.4 Å². The number of benzene rings is 1. The summed E-state index contributed by atoms with van der Waals surface area (Å²) in [4.78, 5) is 21.5. The second-order valence-corrected chi connectivity index (χ2v) is 8.07. The van der Waals surface area contributed by atoms with Gasteiger partial charge in [0.15, 0.2) is 5.82 Å². The molecule has 0 saturated heterocycles. The van der Waals surface area contributed by atoms with Gasteiger partial charge in [-0.1, -0.05) is 52.0 Å². The molecule has 1 amide bonds. The Hall–Kier alpha value is -2.76. The average molecular weight is 380 g/mol. The maximum absolute atomic E-state index is 12.7. The number of aryl methyl sites for hydroxylation is 2. The van der Waals surface area contributed by atoms with Gasteiger partial charge in [0.2, 0.25) is 5.91 Å². The van der Waals surface area contributed by atoms with E-state index in [0.29, 0.717) is 17.5 Å². The second-order valence-electron chi connectivity index (χ2n) is 8.07. The Bertz CT molecular complexity index is 973. The van der Waals surface area contributed by atoms with Crippen molar-refractivity contribution in [1.82, 2.24) is 24.9 Å². The minimum absolute atomic E-state index is 0.0483. The van der Waals surface area contributed by atoms with Crippen molar-refractivity contribution in [3.05, 3.63) is 58.7 Å². The molecule has 0 aliphatic rings. The van der Waals surface area contributed by atoms with Crippen molar-refractivity contribution in [3.8, 4) is 0 Å². The quantitative estimate of drug-likeness (QED) is 0.704. The molecule has 28 heavy (non-hydrogen) atoms. The van der Waals surface area contributed by atoms with Crippen LogP contribution in [0.4, 0.5) is 0 Å². The van der Waals surface area contributed by atoms with Crippen molar-refractivity contribution in [1.29, 1.82) is 0 Å². The largest absolute Gasteiger partial charge is 0.349 e. The van der Waals surface area contributed by atoms with Gasteiger partial charge in [-0.25, -0.2) is 9.50 Å². The molecule has 0 aliphatic carbocycles. The van der Waals surface area contributed by atoms with E-state index in [1.807, 2.05) is 19.9 Å². The molecular formula is C22H29N5O. The fraction of sp³-hybridized carbons (Fsp3) is 0.455. The van der Waals surface area contributed by atoms with Crippen molar-refractivity contribution in [2.45, 2.75) is 59.9 Å². The third kappa shape index (κ3) is 4.38. The van der Waals surface area contributed by atoms with E-state index in [0.717, 1.165) is 17.0 Å². The van der Waals surface area contributed by atoms with Gasteiger partial charge in [0.25, 0.3) is 5.78 Å². The molecule has 0 aliphatic heterocycles. The lowest BCUT2D eigenvalue weighted by Gasteiger charge is -2.23. The number of amides is 1. The summed E-state index contributed by atoms with van der Waals surface area (Å²) in [5.74, 6) is 1.69. The minimum atomic E-state index is -0.0862. The Kier molecular flexibility index (Phi) is 5.77. The molecule has 1 aromatic carbocycles. The Morgan fingerprint density at radius 1 is 1.04 bits per heavy atom. The first kappa shape index (κ1) is 20.0. The molecule has 0 bridgehead atoms. The maximum atomic E-state index is 12.7. The number of fused-ring (bicyclic) bond motifs is 1. The molecule has 2 heterocycles. The first-order valence-electron chi connectivity index (χ1n) is 9.83. The van der Waals surface area contributed by atoms with E-state index in [2.05, 4.69) is 72.3 Å². The predicted molar refractivity (Wildman–Crippen MR) is 110 cm³/mol. The molecule has 0 spiro atoms.